The third-order valence-electron chi connectivity index (χ3n) is 4.59. The van der Waals surface area contributed by atoms with Gasteiger partial charge in [0.15, 0.2) is 5.96 Å². The number of carbonyl (C=O) groups excluding carboxylic acids is 1. The molecular weight excluding hydrogens is 266 g/mol. The first kappa shape index (κ1) is 16.1. The Bertz CT molecular complexity index is 378. The van der Waals surface area contributed by atoms with Crippen LogP contribution in [0.1, 0.15) is 52.4 Å². The molecule has 0 atom stereocenters. The van der Waals surface area contributed by atoms with E-state index in [-0.39, 0.29) is 5.97 Å². The maximum absolute atomic E-state index is 11.3. The van der Waals surface area contributed by atoms with E-state index >= 15 is 0 Å². The van der Waals surface area contributed by atoms with Crippen molar-refractivity contribution in [3.8, 4) is 0 Å². The van der Waals surface area contributed by atoms with Gasteiger partial charge in [0.05, 0.1) is 6.61 Å². The third kappa shape index (κ3) is 4.35. The summed E-state index contributed by atoms with van der Waals surface area (Å²) >= 11 is 0. The molecule has 120 valence electrons. The Labute approximate surface area is 128 Å². The monoisotopic (exact) mass is 295 g/mol. The maximum atomic E-state index is 11.3. The molecule has 0 radical (unpaired) electrons. The zero-order chi connectivity index (χ0) is 15.1. The van der Waals surface area contributed by atoms with Crippen LogP contribution in [0.4, 0.5) is 0 Å². The summed E-state index contributed by atoms with van der Waals surface area (Å²) < 4.78 is 4.93. The van der Waals surface area contributed by atoms with Gasteiger partial charge in [-0.2, -0.15) is 0 Å². The fraction of sp³-hybridized carbons (Fsp3) is 0.875. The standard InChI is InChI=1S/C16H29N3O2/c1-3-17-15(18-11-5-7-14(20)21-4-2)19-12-10-16(13-19)8-6-9-16/h3-13H2,1-2H3,(H,17,18). The maximum Gasteiger partial charge on any atom is 0.305 e. The molecular formula is C16H29N3O2. The van der Waals surface area contributed by atoms with Crippen molar-refractivity contribution in [1.29, 1.82) is 0 Å². The van der Waals surface area contributed by atoms with E-state index in [9.17, 15) is 4.79 Å². The van der Waals surface area contributed by atoms with E-state index in [1.54, 1.807) is 0 Å². The average molecular weight is 295 g/mol. The Morgan fingerprint density at radius 2 is 2.14 bits per heavy atom. The van der Waals surface area contributed by atoms with Crippen molar-refractivity contribution in [2.45, 2.75) is 52.4 Å². The number of aliphatic imine (C=N–C) groups is 1. The lowest BCUT2D eigenvalue weighted by Crippen LogP contribution is -2.42. The Morgan fingerprint density at radius 1 is 1.33 bits per heavy atom. The molecule has 0 aromatic carbocycles. The molecule has 1 saturated heterocycles. The van der Waals surface area contributed by atoms with Gasteiger partial charge in [0, 0.05) is 32.6 Å². The van der Waals surface area contributed by atoms with Crippen molar-refractivity contribution < 1.29 is 9.53 Å². The third-order valence-corrected chi connectivity index (χ3v) is 4.59. The number of hydrogen-bond acceptors (Lipinski definition) is 3. The lowest BCUT2D eigenvalue weighted by atomic mass is 9.68. The lowest BCUT2D eigenvalue weighted by Gasteiger charge is -2.38. The Balaban J connectivity index is 1.78. The zero-order valence-electron chi connectivity index (χ0n) is 13.5. The van der Waals surface area contributed by atoms with E-state index in [2.05, 4.69) is 22.1 Å². The average Bonchev–Trinajstić information content (AvgIpc) is 2.88. The highest BCUT2D eigenvalue weighted by Gasteiger charge is 2.43. The van der Waals surface area contributed by atoms with Gasteiger partial charge in [-0.3, -0.25) is 9.79 Å². The summed E-state index contributed by atoms with van der Waals surface area (Å²) in [4.78, 5) is 18.4. The van der Waals surface area contributed by atoms with E-state index in [0.717, 1.165) is 32.0 Å². The van der Waals surface area contributed by atoms with Crippen LogP contribution in [0.3, 0.4) is 0 Å². The van der Waals surface area contributed by atoms with Crippen LogP contribution in [0.5, 0.6) is 0 Å². The van der Waals surface area contributed by atoms with E-state index in [1.165, 1.54) is 25.7 Å². The molecule has 5 heteroatoms. The molecule has 5 nitrogen and oxygen atoms in total. The van der Waals surface area contributed by atoms with Gasteiger partial charge in [0.25, 0.3) is 0 Å². The van der Waals surface area contributed by atoms with Crippen molar-refractivity contribution in [1.82, 2.24) is 10.2 Å². The van der Waals surface area contributed by atoms with Crippen molar-refractivity contribution in [3.05, 3.63) is 0 Å². The Morgan fingerprint density at radius 3 is 2.71 bits per heavy atom. The highest BCUT2D eigenvalue weighted by molar-refractivity contribution is 5.80. The smallest absolute Gasteiger partial charge is 0.305 e. The van der Waals surface area contributed by atoms with Gasteiger partial charge in [0.1, 0.15) is 0 Å². The van der Waals surface area contributed by atoms with Gasteiger partial charge in [-0.05, 0) is 44.9 Å². The molecule has 1 N–H and O–H groups in total. The molecule has 2 fully saturated rings. The number of guanidine groups is 1. The molecule has 2 aliphatic rings. The highest BCUT2D eigenvalue weighted by Crippen LogP contribution is 2.47. The lowest BCUT2D eigenvalue weighted by molar-refractivity contribution is -0.143. The minimum absolute atomic E-state index is 0.118. The second-order valence-corrected chi connectivity index (χ2v) is 6.17. The van der Waals surface area contributed by atoms with E-state index < -0.39 is 0 Å². The zero-order valence-corrected chi connectivity index (χ0v) is 13.5. The number of rotatable bonds is 6. The van der Waals surface area contributed by atoms with Crippen LogP contribution < -0.4 is 5.32 Å². The van der Waals surface area contributed by atoms with Gasteiger partial charge in [0.2, 0.25) is 0 Å². The SMILES string of the molecule is CCNC(=NCCCC(=O)OCC)N1CCC2(CCC2)C1. The quantitative estimate of drug-likeness (QED) is 0.353. The van der Waals surface area contributed by atoms with Crippen LogP contribution in [-0.2, 0) is 9.53 Å². The molecule has 0 amide bonds. The summed E-state index contributed by atoms with van der Waals surface area (Å²) in [5.74, 6) is 0.900. The molecule has 1 heterocycles. The van der Waals surface area contributed by atoms with Gasteiger partial charge in [-0.1, -0.05) is 6.42 Å². The topological polar surface area (TPSA) is 53.9 Å². The predicted molar refractivity (Wildman–Crippen MR) is 84.3 cm³/mol. The fourth-order valence-corrected chi connectivity index (χ4v) is 3.27. The fourth-order valence-electron chi connectivity index (χ4n) is 3.27. The summed E-state index contributed by atoms with van der Waals surface area (Å²) in [6, 6.07) is 0. The van der Waals surface area contributed by atoms with Crippen LogP contribution in [0.25, 0.3) is 0 Å². The molecule has 1 aliphatic heterocycles. The first-order valence-corrected chi connectivity index (χ1v) is 8.38. The number of carbonyl (C=O) groups is 1. The molecule has 0 unspecified atom stereocenters. The largest absolute Gasteiger partial charge is 0.466 e. The minimum atomic E-state index is -0.118. The van der Waals surface area contributed by atoms with Gasteiger partial charge in [-0.15, -0.1) is 0 Å². The summed E-state index contributed by atoms with van der Waals surface area (Å²) in [7, 11) is 0. The number of esters is 1. The highest BCUT2D eigenvalue weighted by atomic mass is 16.5. The van der Waals surface area contributed by atoms with E-state index in [0.29, 0.717) is 25.0 Å². The molecule has 21 heavy (non-hydrogen) atoms. The van der Waals surface area contributed by atoms with Crippen LogP contribution in [0.15, 0.2) is 4.99 Å². The first-order valence-electron chi connectivity index (χ1n) is 8.38. The second-order valence-electron chi connectivity index (χ2n) is 6.17. The molecule has 1 saturated carbocycles. The van der Waals surface area contributed by atoms with Crippen LogP contribution >= 0.6 is 0 Å². The number of nitrogens with one attached hydrogen (secondary N) is 1. The number of likely N-dealkylation sites (tertiary alicyclic amines) is 1. The molecule has 0 aromatic rings. The van der Waals surface area contributed by atoms with Gasteiger partial charge in [-0.25, -0.2) is 0 Å². The van der Waals surface area contributed by atoms with Crippen LogP contribution in [0, 0.1) is 5.41 Å². The van der Waals surface area contributed by atoms with Crippen molar-refractivity contribution >= 4 is 11.9 Å². The van der Waals surface area contributed by atoms with E-state index in [1.807, 2.05) is 6.92 Å². The molecule has 1 spiro atoms. The number of nitrogens with zero attached hydrogens (tertiary/aromatic N) is 2. The minimum Gasteiger partial charge on any atom is -0.466 e. The summed E-state index contributed by atoms with van der Waals surface area (Å²) in [6.45, 7) is 8.23. The summed E-state index contributed by atoms with van der Waals surface area (Å²) in [5.41, 5.74) is 0.584. The summed E-state index contributed by atoms with van der Waals surface area (Å²) in [5, 5.41) is 3.38. The van der Waals surface area contributed by atoms with Crippen molar-refractivity contribution in [2.24, 2.45) is 10.4 Å². The second kappa shape index (κ2) is 7.66. The number of hydrogen-bond donors (Lipinski definition) is 1. The van der Waals surface area contributed by atoms with Crippen LogP contribution in [0.2, 0.25) is 0 Å². The molecule has 0 bridgehead atoms. The van der Waals surface area contributed by atoms with Crippen LogP contribution in [-0.4, -0.2) is 49.6 Å². The molecule has 0 aromatic heterocycles. The Hall–Kier alpha value is -1.26. The number of ether oxygens (including phenoxy) is 1. The first-order chi connectivity index (χ1) is 10.2. The normalized spacial score (nSPS) is 20.5. The Kier molecular flexibility index (Phi) is 5.88. The molecule has 1 aliphatic carbocycles. The van der Waals surface area contributed by atoms with E-state index in [4.69, 9.17) is 4.74 Å². The predicted octanol–water partition coefficient (Wildman–Crippen LogP) is 2.17. The van der Waals surface area contributed by atoms with Gasteiger partial charge >= 0.3 is 5.97 Å². The van der Waals surface area contributed by atoms with Crippen molar-refractivity contribution in [3.63, 3.8) is 0 Å². The van der Waals surface area contributed by atoms with Crippen molar-refractivity contribution in [2.75, 3.05) is 32.8 Å². The van der Waals surface area contributed by atoms with Gasteiger partial charge < -0.3 is 15.0 Å². The summed E-state index contributed by atoms with van der Waals surface area (Å²) in [6.07, 6.45) is 6.67. The molecule has 2 rings (SSSR count).